The summed E-state index contributed by atoms with van der Waals surface area (Å²) in [5.74, 6) is -0.147. The van der Waals surface area contributed by atoms with Gasteiger partial charge in [-0.05, 0) is 36.8 Å². The molecule has 0 saturated carbocycles. The van der Waals surface area contributed by atoms with E-state index >= 15 is 0 Å². The molecule has 1 aromatic carbocycles. The average Bonchev–Trinajstić information content (AvgIpc) is 2.82. The van der Waals surface area contributed by atoms with Crippen LogP contribution in [0.1, 0.15) is 30.9 Å². The first-order valence-corrected chi connectivity index (χ1v) is 7.20. The van der Waals surface area contributed by atoms with Crippen LogP contribution in [-0.4, -0.2) is 36.1 Å². The van der Waals surface area contributed by atoms with Gasteiger partial charge in [0, 0.05) is 26.1 Å². The molecular weight excluding hydrogens is 238 g/mol. The Morgan fingerprint density at radius 1 is 1.16 bits per heavy atom. The molecular formula is C16H21NO2. The van der Waals surface area contributed by atoms with Gasteiger partial charge in [0.2, 0.25) is 0 Å². The van der Waals surface area contributed by atoms with E-state index in [1.807, 2.05) is 0 Å². The normalized spacial score (nSPS) is 21.3. The summed E-state index contributed by atoms with van der Waals surface area (Å²) < 4.78 is 5.30. The van der Waals surface area contributed by atoms with E-state index < -0.39 is 0 Å². The van der Waals surface area contributed by atoms with E-state index in [2.05, 4.69) is 29.2 Å². The Morgan fingerprint density at radius 3 is 2.26 bits per heavy atom. The summed E-state index contributed by atoms with van der Waals surface area (Å²) in [6.45, 7) is 3.60. The average molecular weight is 259 g/mol. The van der Waals surface area contributed by atoms with Crippen molar-refractivity contribution in [2.45, 2.75) is 44.8 Å². The molecule has 0 bridgehead atoms. The molecule has 1 aliphatic carbocycles. The molecule has 0 N–H and O–H groups in total. The van der Waals surface area contributed by atoms with Gasteiger partial charge in [0.25, 0.3) is 0 Å². The topological polar surface area (TPSA) is 29.5 Å². The molecule has 1 aromatic rings. The summed E-state index contributed by atoms with van der Waals surface area (Å²) >= 11 is 0. The summed E-state index contributed by atoms with van der Waals surface area (Å²) in [6.07, 6.45) is 4.44. The number of hydrogen-bond acceptors (Lipinski definition) is 3. The molecule has 0 amide bonds. The Labute approximate surface area is 114 Å². The van der Waals surface area contributed by atoms with E-state index in [0.717, 1.165) is 25.9 Å². The van der Waals surface area contributed by atoms with E-state index in [1.54, 1.807) is 0 Å². The molecule has 19 heavy (non-hydrogen) atoms. The van der Waals surface area contributed by atoms with Gasteiger partial charge >= 0.3 is 5.97 Å². The Kier molecular flexibility index (Phi) is 3.56. The molecule has 0 spiro atoms. The largest absolute Gasteiger partial charge is 0.462 e. The second-order valence-corrected chi connectivity index (χ2v) is 5.68. The minimum atomic E-state index is -0.147. The third kappa shape index (κ3) is 2.81. The third-order valence-electron chi connectivity index (χ3n) is 4.36. The highest BCUT2D eigenvalue weighted by Crippen LogP contribution is 2.27. The smallest absolute Gasteiger partial charge is 0.302 e. The van der Waals surface area contributed by atoms with Crippen LogP contribution in [0.25, 0.3) is 0 Å². The Hall–Kier alpha value is -1.35. The number of esters is 1. The van der Waals surface area contributed by atoms with Gasteiger partial charge in [-0.15, -0.1) is 0 Å². The zero-order valence-corrected chi connectivity index (χ0v) is 11.5. The van der Waals surface area contributed by atoms with Crippen LogP contribution in [0.5, 0.6) is 0 Å². The molecule has 3 rings (SSSR count). The second kappa shape index (κ2) is 5.33. The highest BCUT2D eigenvalue weighted by molar-refractivity contribution is 5.66. The summed E-state index contributed by atoms with van der Waals surface area (Å²) in [7, 11) is 0. The summed E-state index contributed by atoms with van der Waals surface area (Å²) in [4.78, 5) is 13.5. The maximum atomic E-state index is 11.0. The van der Waals surface area contributed by atoms with Crippen molar-refractivity contribution in [2.24, 2.45) is 0 Å². The van der Waals surface area contributed by atoms with E-state index in [0.29, 0.717) is 6.04 Å². The third-order valence-corrected chi connectivity index (χ3v) is 4.36. The van der Waals surface area contributed by atoms with Crippen LogP contribution < -0.4 is 0 Å². The number of hydrogen-bond donors (Lipinski definition) is 0. The lowest BCUT2D eigenvalue weighted by molar-refractivity contribution is -0.148. The van der Waals surface area contributed by atoms with Gasteiger partial charge in [-0.25, -0.2) is 0 Å². The zero-order valence-electron chi connectivity index (χ0n) is 11.5. The lowest BCUT2D eigenvalue weighted by Crippen LogP contribution is -2.44. The summed E-state index contributed by atoms with van der Waals surface area (Å²) in [6, 6.07) is 9.42. The lowest BCUT2D eigenvalue weighted by Gasteiger charge is -2.35. The monoisotopic (exact) mass is 259 g/mol. The van der Waals surface area contributed by atoms with Gasteiger partial charge in [-0.2, -0.15) is 0 Å². The number of piperidine rings is 1. The quantitative estimate of drug-likeness (QED) is 0.762. The van der Waals surface area contributed by atoms with Crippen LogP contribution in [0, 0.1) is 0 Å². The number of benzene rings is 1. The molecule has 0 radical (unpaired) electrons. The van der Waals surface area contributed by atoms with E-state index in [4.69, 9.17) is 4.74 Å². The van der Waals surface area contributed by atoms with Gasteiger partial charge in [0.1, 0.15) is 6.10 Å². The van der Waals surface area contributed by atoms with Crippen molar-refractivity contribution in [3.63, 3.8) is 0 Å². The highest BCUT2D eigenvalue weighted by Gasteiger charge is 2.30. The fourth-order valence-corrected chi connectivity index (χ4v) is 3.39. The maximum absolute atomic E-state index is 11.0. The van der Waals surface area contributed by atoms with Crippen molar-refractivity contribution in [1.29, 1.82) is 0 Å². The highest BCUT2D eigenvalue weighted by atomic mass is 16.5. The number of rotatable bonds is 2. The summed E-state index contributed by atoms with van der Waals surface area (Å²) in [5.41, 5.74) is 3.02. The maximum Gasteiger partial charge on any atom is 0.302 e. The molecule has 1 fully saturated rings. The minimum absolute atomic E-state index is 0.137. The van der Waals surface area contributed by atoms with Crippen LogP contribution in [0.3, 0.4) is 0 Å². The molecule has 1 aliphatic heterocycles. The van der Waals surface area contributed by atoms with Crippen LogP contribution in [-0.2, 0) is 22.4 Å². The first kappa shape index (κ1) is 12.7. The van der Waals surface area contributed by atoms with Crippen LogP contribution in [0.15, 0.2) is 24.3 Å². The van der Waals surface area contributed by atoms with Crippen molar-refractivity contribution in [3.8, 4) is 0 Å². The number of nitrogens with zero attached hydrogens (tertiary/aromatic N) is 1. The number of carbonyl (C=O) groups excluding carboxylic acids is 1. The van der Waals surface area contributed by atoms with Crippen molar-refractivity contribution in [1.82, 2.24) is 4.90 Å². The molecule has 1 heterocycles. The fraction of sp³-hybridized carbons (Fsp3) is 0.562. The molecule has 0 aromatic heterocycles. The first-order chi connectivity index (χ1) is 9.22. The first-order valence-electron chi connectivity index (χ1n) is 7.20. The van der Waals surface area contributed by atoms with Crippen molar-refractivity contribution >= 4 is 5.97 Å². The van der Waals surface area contributed by atoms with Gasteiger partial charge in [0.15, 0.2) is 0 Å². The molecule has 102 valence electrons. The number of fused-ring (bicyclic) bond motifs is 1. The Bertz CT molecular complexity index is 439. The zero-order chi connectivity index (χ0) is 13.2. The lowest BCUT2D eigenvalue weighted by atomic mass is 10.0. The van der Waals surface area contributed by atoms with Gasteiger partial charge in [-0.1, -0.05) is 24.3 Å². The van der Waals surface area contributed by atoms with E-state index in [9.17, 15) is 4.79 Å². The van der Waals surface area contributed by atoms with Crippen molar-refractivity contribution in [2.75, 3.05) is 13.1 Å². The summed E-state index contributed by atoms with van der Waals surface area (Å²) in [5, 5.41) is 0. The van der Waals surface area contributed by atoms with Crippen molar-refractivity contribution < 1.29 is 9.53 Å². The number of likely N-dealkylation sites (tertiary alicyclic amines) is 1. The Balaban J connectivity index is 1.55. The standard InChI is InChI=1S/C16H21NO2/c1-12(18)19-16-6-8-17(9-7-16)15-10-13-4-2-3-5-14(13)11-15/h2-5,15-16H,6-11H2,1H3. The number of carbonyl (C=O) groups is 1. The molecule has 2 aliphatic rings. The Morgan fingerprint density at radius 2 is 1.74 bits per heavy atom. The molecule has 3 nitrogen and oxygen atoms in total. The fourth-order valence-electron chi connectivity index (χ4n) is 3.39. The minimum Gasteiger partial charge on any atom is -0.462 e. The van der Waals surface area contributed by atoms with Crippen LogP contribution in [0.4, 0.5) is 0 Å². The molecule has 0 unspecified atom stereocenters. The predicted octanol–water partition coefficient (Wildman–Crippen LogP) is 2.18. The molecule has 1 saturated heterocycles. The van der Waals surface area contributed by atoms with E-state index in [1.165, 1.54) is 30.9 Å². The molecule has 3 heteroatoms. The van der Waals surface area contributed by atoms with E-state index in [-0.39, 0.29) is 12.1 Å². The van der Waals surface area contributed by atoms with Crippen LogP contribution in [0.2, 0.25) is 0 Å². The second-order valence-electron chi connectivity index (χ2n) is 5.68. The van der Waals surface area contributed by atoms with Crippen molar-refractivity contribution in [3.05, 3.63) is 35.4 Å². The molecule has 0 atom stereocenters. The van der Waals surface area contributed by atoms with Crippen LogP contribution >= 0.6 is 0 Å². The van der Waals surface area contributed by atoms with Gasteiger partial charge in [0.05, 0.1) is 0 Å². The van der Waals surface area contributed by atoms with Gasteiger partial charge < -0.3 is 4.74 Å². The number of ether oxygens (including phenoxy) is 1. The van der Waals surface area contributed by atoms with Gasteiger partial charge in [-0.3, -0.25) is 9.69 Å². The predicted molar refractivity (Wildman–Crippen MR) is 74.0 cm³/mol. The SMILES string of the molecule is CC(=O)OC1CCN(C2Cc3ccccc3C2)CC1.